The Balaban J connectivity index is 1.20. The fourth-order valence-electron chi connectivity index (χ4n) is 3.55. The Labute approximate surface area is 156 Å². The molecule has 5 rings (SSSR count). The number of benzene rings is 1. The molecule has 1 aliphatic heterocycles. The van der Waals surface area contributed by atoms with E-state index >= 15 is 0 Å². The van der Waals surface area contributed by atoms with Crippen molar-refractivity contribution < 1.29 is 4.79 Å². The number of hydrogen-bond acceptors (Lipinski definition) is 6. The highest BCUT2D eigenvalue weighted by Gasteiger charge is 2.26. The first-order valence-corrected chi connectivity index (χ1v) is 9.42. The highest BCUT2D eigenvalue weighted by atomic mass is 16.2. The molecular formula is C19H21N7O. The summed E-state index contributed by atoms with van der Waals surface area (Å²) >= 11 is 0. The monoisotopic (exact) mass is 363 g/mol. The number of fused-ring (bicyclic) bond motifs is 1. The average Bonchev–Trinajstić information content (AvgIpc) is 3.50. The molecule has 8 nitrogen and oxygen atoms in total. The zero-order valence-corrected chi connectivity index (χ0v) is 15.0. The van der Waals surface area contributed by atoms with Crippen LogP contribution in [0.4, 0.5) is 5.82 Å². The van der Waals surface area contributed by atoms with E-state index < -0.39 is 0 Å². The summed E-state index contributed by atoms with van der Waals surface area (Å²) in [7, 11) is 0. The number of piperazine rings is 1. The number of anilines is 1. The number of amides is 1. The summed E-state index contributed by atoms with van der Waals surface area (Å²) in [5.74, 6) is 1.59. The Morgan fingerprint density at radius 3 is 2.52 bits per heavy atom. The van der Waals surface area contributed by atoms with Gasteiger partial charge in [-0.2, -0.15) is 5.10 Å². The van der Waals surface area contributed by atoms with E-state index in [2.05, 4.69) is 37.5 Å². The topological polar surface area (TPSA) is 80.0 Å². The lowest BCUT2D eigenvalue weighted by molar-refractivity contribution is -0.132. The van der Waals surface area contributed by atoms with Crippen LogP contribution in [0.5, 0.6) is 0 Å². The lowest BCUT2D eigenvalue weighted by Crippen LogP contribution is -2.50. The van der Waals surface area contributed by atoms with Crippen LogP contribution in [0.1, 0.15) is 24.5 Å². The van der Waals surface area contributed by atoms with E-state index in [9.17, 15) is 4.79 Å². The Morgan fingerprint density at radius 2 is 1.78 bits per heavy atom. The third-order valence-electron chi connectivity index (χ3n) is 5.33. The first kappa shape index (κ1) is 16.2. The Kier molecular flexibility index (Phi) is 3.95. The minimum atomic E-state index is 0.0699. The molecule has 1 saturated heterocycles. The molecule has 2 fully saturated rings. The van der Waals surface area contributed by atoms with E-state index in [1.807, 2.05) is 29.2 Å². The van der Waals surface area contributed by atoms with Gasteiger partial charge >= 0.3 is 0 Å². The van der Waals surface area contributed by atoms with Crippen molar-refractivity contribution in [3.63, 3.8) is 0 Å². The first-order valence-electron chi connectivity index (χ1n) is 9.42. The molecule has 0 bridgehead atoms. The summed E-state index contributed by atoms with van der Waals surface area (Å²) in [5, 5.41) is 17.0. The summed E-state index contributed by atoms with van der Waals surface area (Å²) in [6, 6.07) is 11.8. The van der Waals surface area contributed by atoms with Crippen molar-refractivity contribution in [2.45, 2.75) is 25.3 Å². The first-order chi connectivity index (χ1) is 13.3. The van der Waals surface area contributed by atoms with Crippen molar-refractivity contribution >= 4 is 22.8 Å². The van der Waals surface area contributed by atoms with Crippen LogP contribution in [-0.2, 0) is 11.3 Å². The van der Waals surface area contributed by atoms with Gasteiger partial charge in [0.05, 0.1) is 11.2 Å². The number of nitrogens with zero attached hydrogens (tertiary/aromatic N) is 7. The molecule has 8 heteroatoms. The maximum Gasteiger partial charge on any atom is 0.244 e. The summed E-state index contributed by atoms with van der Waals surface area (Å²) in [6.07, 6.45) is 2.46. The Morgan fingerprint density at radius 1 is 0.963 bits per heavy atom. The van der Waals surface area contributed by atoms with Crippen LogP contribution in [0.15, 0.2) is 36.4 Å². The van der Waals surface area contributed by atoms with Crippen molar-refractivity contribution in [2.24, 2.45) is 0 Å². The van der Waals surface area contributed by atoms with Crippen molar-refractivity contribution in [3.8, 4) is 0 Å². The predicted molar refractivity (Wildman–Crippen MR) is 100 cm³/mol. The zero-order chi connectivity index (χ0) is 18.2. The SMILES string of the molecule is O=C(Cn1nnc2ccccc21)N1CCN(c2ccc(C3CC3)nn2)CC1. The van der Waals surface area contributed by atoms with Crippen molar-refractivity contribution in [3.05, 3.63) is 42.1 Å². The number of rotatable bonds is 4. The van der Waals surface area contributed by atoms with Gasteiger partial charge in [0.15, 0.2) is 5.82 Å². The van der Waals surface area contributed by atoms with Crippen LogP contribution >= 0.6 is 0 Å². The van der Waals surface area contributed by atoms with Gasteiger partial charge in [-0.05, 0) is 37.1 Å². The number of hydrogen-bond donors (Lipinski definition) is 0. The molecule has 1 amide bonds. The standard InChI is InChI=1S/C19H21N7O/c27-19(13-26-17-4-2-1-3-16(17)21-23-26)25-11-9-24(10-12-25)18-8-7-15(20-22-18)14-5-6-14/h1-4,7-8,14H,5-6,9-13H2. The number of carbonyl (C=O) groups excluding carboxylic acids is 1. The van der Waals surface area contributed by atoms with Crippen LogP contribution < -0.4 is 4.90 Å². The fraction of sp³-hybridized carbons (Fsp3) is 0.421. The molecule has 1 aromatic carbocycles. The molecule has 3 heterocycles. The van der Waals surface area contributed by atoms with E-state index in [0.717, 1.165) is 35.6 Å². The molecule has 0 radical (unpaired) electrons. The van der Waals surface area contributed by atoms with E-state index in [4.69, 9.17) is 0 Å². The summed E-state index contributed by atoms with van der Waals surface area (Å²) < 4.78 is 1.67. The maximum absolute atomic E-state index is 12.7. The summed E-state index contributed by atoms with van der Waals surface area (Å²) in [6.45, 7) is 3.11. The predicted octanol–water partition coefficient (Wildman–Crippen LogP) is 1.45. The minimum absolute atomic E-state index is 0.0699. The second-order valence-electron chi connectivity index (χ2n) is 7.19. The molecule has 0 unspecified atom stereocenters. The normalized spacial score (nSPS) is 17.5. The number of aromatic nitrogens is 5. The molecular weight excluding hydrogens is 342 g/mol. The van der Waals surface area contributed by atoms with Crippen molar-refractivity contribution in [1.82, 2.24) is 30.1 Å². The highest BCUT2D eigenvalue weighted by molar-refractivity contribution is 5.80. The van der Waals surface area contributed by atoms with Crippen LogP contribution in [0.2, 0.25) is 0 Å². The molecule has 0 N–H and O–H groups in total. The number of carbonyl (C=O) groups is 1. The second-order valence-corrected chi connectivity index (χ2v) is 7.19. The van der Waals surface area contributed by atoms with Crippen LogP contribution in [0, 0.1) is 0 Å². The molecule has 138 valence electrons. The van der Waals surface area contributed by atoms with Gasteiger partial charge in [-0.25, -0.2) is 4.68 Å². The van der Waals surface area contributed by atoms with Crippen molar-refractivity contribution in [1.29, 1.82) is 0 Å². The lowest BCUT2D eigenvalue weighted by Gasteiger charge is -2.35. The Hall–Kier alpha value is -3.03. The smallest absolute Gasteiger partial charge is 0.244 e. The molecule has 1 saturated carbocycles. The fourth-order valence-corrected chi connectivity index (χ4v) is 3.55. The quantitative estimate of drug-likeness (QED) is 0.698. The largest absolute Gasteiger partial charge is 0.352 e. The van der Waals surface area contributed by atoms with Gasteiger partial charge in [0.2, 0.25) is 5.91 Å². The molecule has 0 spiro atoms. The van der Waals surface area contributed by atoms with Crippen LogP contribution in [0.25, 0.3) is 11.0 Å². The van der Waals surface area contributed by atoms with Gasteiger partial charge in [-0.1, -0.05) is 17.3 Å². The van der Waals surface area contributed by atoms with Crippen LogP contribution in [-0.4, -0.2) is 62.2 Å². The van der Waals surface area contributed by atoms with Crippen molar-refractivity contribution in [2.75, 3.05) is 31.1 Å². The molecule has 2 aromatic heterocycles. The van der Waals surface area contributed by atoms with Gasteiger partial charge in [0, 0.05) is 32.1 Å². The van der Waals surface area contributed by atoms with E-state index in [-0.39, 0.29) is 12.5 Å². The molecule has 2 aliphatic rings. The van der Waals surface area contributed by atoms with Gasteiger partial charge in [0.1, 0.15) is 12.1 Å². The van der Waals surface area contributed by atoms with Gasteiger partial charge in [0.25, 0.3) is 0 Å². The average molecular weight is 363 g/mol. The maximum atomic E-state index is 12.7. The second kappa shape index (κ2) is 6.61. The molecule has 1 aliphatic carbocycles. The third-order valence-corrected chi connectivity index (χ3v) is 5.33. The van der Waals surface area contributed by atoms with Gasteiger partial charge in [-0.15, -0.1) is 10.2 Å². The third kappa shape index (κ3) is 3.22. The highest BCUT2D eigenvalue weighted by Crippen LogP contribution is 2.38. The molecule has 0 atom stereocenters. The van der Waals surface area contributed by atoms with E-state index in [1.54, 1.807) is 4.68 Å². The molecule has 3 aromatic rings. The van der Waals surface area contributed by atoms with E-state index in [1.165, 1.54) is 12.8 Å². The molecule has 27 heavy (non-hydrogen) atoms. The zero-order valence-electron chi connectivity index (χ0n) is 15.0. The van der Waals surface area contributed by atoms with Gasteiger partial charge in [-0.3, -0.25) is 4.79 Å². The summed E-state index contributed by atoms with van der Waals surface area (Å²) in [4.78, 5) is 16.8. The minimum Gasteiger partial charge on any atom is -0.352 e. The number of para-hydroxylation sites is 1. The summed E-state index contributed by atoms with van der Waals surface area (Å²) in [5.41, 5.74) is 2.80. The Bertz CT molecular complexity index is 956. The van der Waals surface area contributed by atoms with Crippen LogP contribution in [0.3, 0.4) is 0 Å². The lowest BCUT2D eigenvalue weighted by atomic mass is 10.2. The van der Waals surface area contributed by atoms with E-state index in [0.29, 0.717) is 19.0 Å². The van der Waals surface area contributed by atoms with Gasteiger partial charge < -0.3 is 9.80 Å².